The number of fused-ring (bicyclic) bond motifs is 1. The molecule has 0 bridgehead atoms. The van der Waals surface area contributed by atoms with Crippen LogP contribution in [-0.4, -0.2) is 23.5 Å². The van der Waals surface area contributed by atoms with Crippen LogP contribution in [0.3, 0.4) is 0 Å². The smallest absolute Gasteiger partial charge is 0.271 e. The lowest BCUT2D eigenvalue weighted by Crippen LogP contribution is -2.50. The maximum absolute atomic E-state index is 13.4. The van der Waals surface area contributed by atoms with Crippen molar-refractivity contribution in [3.8, 4) is 6.07 Å². The van der Waals surface area contributed by atoms with Crippen molar-refractivity contribution in [3.05, 3.63) is 71.6 Å². The van der Waals surface area contributed by atoms with Crippen molar-refractivity contribution in [3.63, 3.8) is 0 Å². The molecule has 4 rings (SSSR count). The first-order valence-electron chi connectivity index (χ1n) is 8.48. The number of amides is 2. The molecule has 0 aromatic heterocycles. The number of benzene rings is 2. The Morgan fingerprint density at radius 1 is 1.04 bits per heavy atom. The molecule has 136 valence electrons. The van der Waals surface area contributed by atoms with Crippen molar-refractivity contribution in [2.75, 3.05) is 4.90 Å². The minimum Gasteiger partial charge on any atom is -0.271 e. The highest BCUT2D eigenvalue weighted by Crippen LogP contribution is 2.38. The monoisotopic (exact) mass is 372 g/mol. The fourth-order valence-corrected chi connectivity index (χ4v) is 3.37. The van der Waals surface area contributed by atoms with E-state index in [2.05, 4.69) is 9.98 Å². The van der Waals surface area contributed by atoms with Gasteiger partial charge in [-0.25, -0.2) is 9.38 Å². The summed E-state index contributed by atoms with van der Waals surface area (Å²) >= 11 is 0. The average Bonchev–Trinajstić information content (AvgIpc) is 2.68. The van der Waals surface area contributed by atoms with Gasteiger partial charge in [0.2, 0.25) is 0 Å². The molecule has 6 nitrogen and oxygen atoms in total. The van der Waals surface area contributed by atoms with Gasteiger partial charge in [0.25, 0.3) is 11.8 Å². The predicted molar refractivity (Wildman–Crippen MR) is 102 cm³/mol. The van der Waals surface area contributed by atoms with Crippen LogP contribution in [0, 0.1) is 23.1 Å². The van der Waals surface area contributed by atoms with E-state index in [4.69, 9.17) is 0 Å². The topological polar surface area (TPSA) is 85.9 Å². The number of hydrogen-bond acceptors (Lipinski definition) is 4. The van der Waals surface area contributed by atoms with E-state index in [0.29, 0.717) is 11.3 Å². The van der Waals surface area contributed by atoms with Crippen LogP contribution >= 0.6 is 0 Å². The molecule has 1 unspecified atom stereocenters. The molecule has 0 fully saturated rings. The Morgan fingerprint density at radius 3 is 2.36 bits per heavy atom. The lowest BCUT2D eigenvalue weighted by molar-refractivity contribution is -0.118. The molecule has 0 spiro atoms. The molecule has 2 aliphatic heterocycles. The van der Waals surface area contributed by atoms with E-state index >= 15 is 0 Å². The number of carbonyl (C=O) groups excluding carboxylic acids is 2. The maximum atomic E-state index is 13.4. The third-order valence-electron chi connectivity index (χ3n) is 4.54. The fourth-order valence-electron chi connectivity index (χ4n) is 3.37. The first kappa shape index (κ1) is 17.5. The summed E-state index contributed by atoms with van der Waals surface area (Å²) < 4.78 is 13.4. The molecule has 0 aliphatic carbocycles. The lowest BCUT2D eigenvalue weighted by Gasteiger charge is -2.35. The molecule has 2 aromatic carbocycles. The number of hydrogen-bond donors (Lipinski definition) is 0. The van der Waals surface area contributed by atoms with Gasteiger partial charge < -0.3 is 0 Å². The summed E-state index contributed by atoms with van der Waals surface area (Å²) in [4.78, 5) is 35.5. The van der Waals surface area contributed by atoms with Gasteiger partial charge in [0.05, 0.1) is 5.69 Å². The number of anilines is 1. The first-order chi connectivity index (χ1) is 13.5. The molecule has 2 heterocycles. The van der Waals surface area contributed by atoms with Gasteiger partial charge in [-0.1, -0.05) is 30.3 Å². The van der Waals surface area contributed by atoms with Crippen LogP contribution < -0.4 is 4.90 Å². The highest BCUT2D eigenvalue weighted by Gasteiger charge is 2.45. The second-order valence-electron chi connectivity index (χ2n) is 6.28. The minimum absolute atomic E-state index is 0.159. The second-order valence-corrected chi connectivity index (χ2v) is 6.28. The van der Waals surface area contributed by atoms with Gasteiger partial charge in [0.1, 0.15) is 35.0 Å². The lowest BCUT2D eigenvalue weighted by atomic mass is 9.82. The Hall–Kier alpha value is -3.92. The van der Waals surface area contributed by atoms with Crippen LogP contribution in [0.1, 0.15) is 12.5 Å². The summed E-state index contributed by atoms with van der Waals surface area (Å²) in [5.74, 6) is -2.22. The average molecular weight is 372 g/mol. The predicted octanol–water partition coefficient (Wildman–Crippen LogP) is 3.12. The number of amidine groups is 2. The quantitative estimate of drug-likeness (QED) is 0.812. The maximum Gasteiger partial charge on any atom is 0.274 e. The van der Waals surface area contributed by atoms with Crippen molar-refractivity contribution in [2.24, 2.45) is 15.9 Å². The van der Waals surface area contributed by atoms with E-state index in [9.17, 15) is 19.2 Å². The number of carbonyl (C=O) groups is 2. The van der Waals surface area contributed by atoms with Crippen LogP contribution in [-0.2, 0) is 9.59 Å². The van der Waals surface area contributed by atoms with Gasteiger partial charge in [-0.05, 0) is 36.8 Å². The highest BCUT2D eigenvalue weighted by molar-refractivity contribution is 6.39. The van der Waals surface area contributed by atoms with Gasteiger partial charge in [-0.2, -0.15) is 10.3 Å². The van der Waals surface area contributed by atoms with Crippen LogP contribution in [0.4, 0.5) is 10.1 Å². The van der Waals surface area contributed by atoms with Gasteiger partial charge in [0.15, 0.2) is 0 Å². The van der Waals surface area contributed by atoms with Crippen molar-refractivity contribution >= 4 is 34.7 Å². The van der Waals surface area contributed by atoms with Crippen molar-refractivity contribution < 1.29 is 14.0 Å². The van der Waals surface area contributed by atoms with Gasteiger partial charge in [-0.3, -0.25) is 14.5 Å². The van der Waals surface area contributed by atoms with E-state index < -0.39 is 23.5 Å². The number of rotatable bonds is 2. The molecule has 0 radical (unpaired) electrons. The number of nitriles is 1. The Labute approximate surface area is 160 Å². The van der Waals surface area contributed by atoms with Gasteiger partial charge >= 0.3 is 0 Å². The van der Waals surface area contributed by atoms with E-state index in [1.165, 1.54) is 29.2 Å². The third kappa shape index (κ3) is 2.72. The first-order valence-corrected chi connectivity index (χ1v) is 8.48. The SMILES string of the molecule is CC1=NC(=O)C2C(=N1)N(c1ccc(F)cc1)C(=O)C(C#N)=C2c1ccccc1. The molecule has 28 heavy (non-hydrogen) atoms. The third-order valence-corrected chi connectivity index (χ3v) is 4.54. The van der Waals surface area contributed by atoms with E-state index in [-0.39, 0.29) is 22.8 Å². The molecule has 2 amide bonds. The van der Waals surface area contributed by atoms with Crippen LogP contribution in [0.15, 0.2) is 70.2 Å². The van der Waals surface area contributed by atoms with Crippen molar-refractivity contribution in [1.82, 2.24) is 0 Å². The molecule has 0 saturated heterocycles. The summed E-state index contributed by atoms with van der Waals surface area (Å²) in [6.07, 6.45) is 0. The minimum atomic E-state index is -0.997. The Bertz CT molecular complexity index is 1130. The zero-order valence-corrected chi connectivity index (χ0v) is 14.8. The normalized spacial score (nSPS) is 19.0. The summed E-state index contributed by atoms with van der Waals surface area (Å²) in [6.45, 7) is 1.56. The van der Waals surface area contributed by atoms with E-state index in [0.717, 1.165) is 0 Å². The summed E-state index contributed by atoms with van der Waals surface area (Å²) in [5.41, 5.74) is 1.01. The van der Waals surface area contributed by atoms with Gasteiger partial charge in [0, 0.05) is 5.57 Å². The molecular weight excluding hydrogens is 359 g/mol. The fraction of sp³-hybridized carbons (Fsp3) is 0.0952. The molecule has 0 saturated carbocycles. The number of aliphatic imine (C=N–C) groups is 2. The van der Waals surface area contributed by atoms with Crippen molar-refractivity contribution in [2.45, 2.75) is 6.92 Å². The van der Waals surface area contributed by atoms with Crippen LogP contribution in [0.5, 0.6) is 0 Å². The summed E-state index contributed by atoms with van der Waals surface area (Å²) in [5, 5.41) is 9.73. The molecule has 2 aromatic rings. The molecule has 2 aliphatic rings. The van der Waals surface area contributed by atoms with Gasteiger partial charge in [-0.15, -0.1) is 0 Å². The second kappa shape index (κ2) is 6.67. The summed E-state index contributed by atoms with van der Waals surface area (Å²) in [6, 6.07) is 15.9. The Balaban J connectivity index is 2.00. The van der Waals surface area contributed by atoms with Crippen LogP contribution in [0.2, 0.25) is 0 Å². The summed E-state index contributed by atoms with van der Waals surface area (Å²) in [7, 11) is 0. The molecule has 7 heteroatoms. The molecule has 0 N–H and O–H groups in total. The molecule has 1 atom stereocenters. The highest BCUT2D eigenvalue weighted by atomic mass is 19.1. The van der Waals surface area contributed by atoms with E-state index in [1.54, 1.807) is 37.3 Å². The zero-order chi connectivity index (χ0) is 19.8. The number of halogens is 1. The molecular formula is C21H13FN4O2. The number of nitrogens with zero attached hydrogens (tertiary/aromatic N) is 4. The standard InChI is InChI=1S/C21H13FN4O2/c1-12-24-19-18(20(27)25-12)17(13-5-3-2-4-6-13)16(11-23)21(28)26(19)15-9-7-14(22)8-10-15/h2-10,18H,1H3. The zero-order valence-electron chi connectivity index (χ0n) is 14.8. The Morgan fingerprint density at radius 2 is 1.71 bits per heavy atom. The largest absolute Gasteiger partial charge is 0.274 e. The van der Waals surface area contributed by atoms with E-state index in [1.807, 2.05) is 6.07 Å². The Kier molecular flexibility index (Phi) is 4.17. The van der Waals surface area contributed by atoms with Crippen molar-refractivity contribution in [1.29, 1.82) is 5.26 Å². The van der Waals surface area contributed by atoms with Crippen LogP contribution in [0.25, 0.3) is 5.57 Å².